The lowest BCUT2D eigenvalue weighted by molar-refractivity contribution is 0.419. The fraction of sp³-hybridized carbons (Fsp3) is 0.538. The Morgan fingerprint density at radius 3 is 2.38 bits per heavy atom. The van der Waals surface area contributed by atoms with Gasteiger partial charge in [0.1, 0.15) is 0 Å². The summed E-state index contributed by atoms with van der Waals surface area (Å²) in [6.07, 6.45) is 0. The van der Waals surface area contributed by atoms with E-state index in [1.165, 1.54) is 0 Å². The molecule has 3 heteroatoms. The van der Waals surface area contributed by atoms with Crippen molar-refractivity contribution < 1.29 is 0 Å². The summed E-state index contributed by atoms with van der Waals surface area (Å²) in [6, 6.07) is 6.01. The van der Waals surface area contributed by atoms with Gasteiger partial charge in [0.25, 0.3) is 0 Å². The lowest BCUT2D eigenvalue weighted by Crippen LogP contribution is -2.29. The average molecular weight is 241 g/mol. The van der Waals surface area contributed by atoms with Crippen LogP contribution in [0, 0.1) is 5.41 Å². The smallest absolute Gasteiger partial charge is 0.0642 e. The van der Waals surface area contributed by atoms with E-state index in [-0.39, 0.29) is 5.41 Å². The molecular formula is C13H21ClN2. The summed E-state index contributed by atoms with van der Waals surface area (Å²) in [5, 5.41) is 0.773. The zero-order valence-electron chi connectivity index (χ0n) is 10.5. The fourth-order valence-electron chi connectivity index (χ4n) is 1.78. The summed E-state index contributed by atoms with van der Waals surface area (Å²) in [4.78, 5) is 2.18. The minimum atomic E-state index is 0.255. The number of benzene rings is 1. The van der Waals surface area contributed by atoms with Gasteiger partial charge in [-0.2, -0.15) is 0 Å². The largest absolute Gasteiger partial charge is 0.373 e. The predicted molar refractivity (Wildman–Crippen MR) is 72.1 cm³/mol. The Morgan fingerprint density at radius 2 is 1.94 bits per heavy atom. The highest BCUT2D eigenvalue weighted by atomic mass is 35.5. The monoisotopic (exact) mass is 240 g/mol. The van der Waals surface area contributed by atoms with E-state index in [0.717, 1.165) is 22.8 Å². The first-order chi connectivity index (χ1) is 7.33. The predicted octanol–water partition coefficient (Wildman–Crippen LogP) is 3.28. The maximum absolute atomic E-state index is 6.23. The van der Waals surface area contributed by atoms with Crippen molar-refractivity contribution in [3.63, 3.8) is 0 Å². The number of hydrogen-bond donors (Lipinski definition) is 1. The van der Waals surface area contributed by atoms with Gasteiger partial charge in [-0.25, -0.2) is 0 Å². The Labute approximate surface area is 103 Å². The second-order valence-electron chi connectivity index (χ2n) is 5.41. The van der Waals surface area contributed by atoms with Gasteiger partial charge in [0.2, 0.25) is 0 Å². The molecule has 0 atom stereocenters. The van der Waals surface area contributed by atoms with E-state index in [1.807, 2.05) is 18.2 Å². The van der Waals surface area contributed by atoms with Crippen LogP contribution in [0.4, 0.5) is 5.69 Å². The number of halogens is 1. The van der Waals surface area contributed by atoms with Crippen LogP contribution in [0.1, 0.15) is 26.3 Å². The van der Waals surface area contributed by atoms with Crippen LogP contribution in [0.3, 0.4) is 0 Å². The van der Waals surface area contributed by atoms with Crippen molar-refractivity contribution in [2.45, 2.75) is 27.3 Å². The molecule has 2 nitrogen and oxygen atoms in total. The highest BCUT2D eigenvalue weighted by Gasteiger charge is 2.15. The van der Waals surface area contributed by atoms with Crippen molar-refractivity contribution >= 4 is 17.3 Å². The SMILES string of the molecule is CN(CC(C)(C)C)c1ccc(CN)cc1Cl. The van der Waals surface area contributed by atoms with Gasteiger partial charge in [-0.05, 0) is 23.1 Å². The topological polar surface area (TPSA) is 29.3 Å². The Balaban J connectivity index is 2.88. The molecule has 90 valence electrons. The van der Waals surface area contributed by atoms with Crippen molar-refractivity contribution in [3.05, 3.63) is 28.8 Å². The number of nitrogens with two attached hydrogens (primary N) is 1. The molecule has 0 amide bonds. The minimum Gasteiger partial charge on any atom is -0.373 e. The van der Waals surface area contributed by atoms with Gasteiger partial charge in [0.05, 0.1) is 10.7 Å². The Hall–Kier alpha value is -0.730. The molecule has 1 rings (SSSR count). The molecule has 0 spiro atoms. The van der Waals surface area contributed by atoms with E-state index >= 15 is 0 Å². The quantitative estimate of drug-likeness (QED) is 0.879. The normalized spacial score (nSPS) is 11.6. The van der Waals surface area contributed by atoms with E-state index in [1.54, 1.807) is 0 Å². The highest BCUT2D eigenvalue weighted by Crippen LogP contribution is 2.28. The van der Waals surface area contributed by atoms with Gasteiger partial charge >= 0.3 is 0 Å². The van der Waals surface area contributed by atoms with Crippen molar-refractivity contribution in [1.29, 1.82) is 0 Å². The Bertz CT molecular complexity index is 355. The summed E-state index contributed by atoms with van der Waals surface area (Å²) in [7, 11) is 2.06. The van der Waals surface area contributed by atoms with E-state index in [2.05, 4.69) is 32.7 Å². The Morgan fingerprint density at radius 1 is 1.31 bits per heavy atom. The van der Waals surface area contributed by atoms with Gasteiger partial charge in [-0.15, -0.1) is 0 Å². The van der Waals surface area contributed by atoms with Crippen molar-refractivity contribution in [1.82, 2.24) is 0 Å². The van der Waals surface area contributed by atoms with Crippen LogP contribution in [0.25, 0.3) is 0 Å². The summed E-state index contributed by atoms with van der Waals surface area (Å²) in [6.45, 7) is 8.14. The van der Waals surface area contributed by atoms with E-state index in [9.17, 15) is 0 Å². The van der Waals surface area contributed by atoms with Crippen molar-refractivity contribution in [3.8, 4) is 0 Å². The second kappa shape index (κ2) is 5.07. The zero-order chi connectivity index (χ0) is 12.3. The molecular weight excluding hydrogens is 220 g/mol. The van der Waals surface area contributed by atoms with Crippen LogP contribution in [0.2, 0.25) is 5.02 Å². The molecule has 16 heavy (non-hydrogen) atoms. The molecule has 2 N–H and O–H groups in total. The minimum absolute atomic E-state index is 0.255. The van der Waals surface area contributed by atoms with E-state index < -0.39 is 0 Å². The van der Waals surface area contributed by atoms with E-state index in [0.29, 0.717) is 6.54 Å². The van der Waals surface area contributed by atoms with E-state index in [4.69, 9.17) is 17.3 Å². The van der Waals surface area contributed by atoms with Gasteiger partial charge < -0.3 is 10.6 Å². The van der Waals surface area contributed by atoms with Crippen LogP contribution in [0.5, 0.6) is 0 Å². The maximum Gasteiger partial charge on any atom is 0.0642 e. The van der Waals surface area contributed by atoms with Crippen molar-refractivity contribution in [2.75, 3.05) is 18.5 Å². The third kappa shape index (κ3) is 3.69. The number of nitrogens with zero attached hydrogens (tertiary/aromatic N) is 1. The van der Waals surface area contributed by atoms with Gasteiger partial charge in [0, 0.05) is 20.1 Å². The van der Waals surface area contributed by atoms with Crippen LogP contribution in [-0.2, 0) is 6.54 Å². The third-order valence-corrected chi connectivity index (χ3v) is 2.67. The molecule has 0 aliphatic rings. The number of rotatable bonds is 3. The summed E-state index contributed by atoms with van der Waals surface area (Å²) in [5.74, 6) is 0. The summed E-state index contributed by atoms with van der Waals surface area (Å²) >= 11 is 6.23. The molecule has 0 aromatic heterocycles. The van der Waals surface area contributed by atoms with Gasteiger partial charge in [0.15, 0.2) is 0 Å². The van der Waals surface area contributed by atoms with Gasteiger partial charge in [-0.3, -0.25) is 0 Å². The van der Waals surface area contributed by atoms with Crippen LogP contribution in [0.15, 0.2) is 18.2 Å². The molecule has 0 bridgehead atoms. The summed E-state index contributed by atoms with van der Waals surface area (Å²) < 4.78 is 0. The first-order valence-electron chi connectivity index (χ1n) is 5.53. The summed E-state index contributed by atoms with van der Waals surface area (Å²) in [5.41, 5.74) is 7.96. The molecule has 0 heterocycles. The molecule has 0 saturated heterocycles. The second-order valence-corrected chi connectivity index (χ2v) is 5.81. The number of anilines is 1. The molecule has 1 aromatic rings. The lowest BCUT2D eigenvalue weighted by atomic mass is 9.96. The molecule has 0 radical (unpaired) electrons. The molecule has 0 aliphatic carbocycles. The standard InChI is InChI=1S/C13H21ClN2/c1-13(2,3)9-16(4)12-6-5-10(8-15)7-11(12)14/h5-7H,8-9,15H2,1-4H3. The number of hydrogen-bond acceptors (Lipinski definition) is 2. The molecule has 0 unspecified atom stereocenters. The average Bonchev–Trinajstić information content (AvgIpc) is 2.14. The highest BCUT2D eigenvalue weighted by molar-refractivity contribution is 6.33. The Kier molecular flexibility index (Phi) is 4.22. The molecule has 1 aromatic carbocycles. The fourth-order valence-corrected chi connectivity index (χ4v) is 2.13. The molecule has 0 aliphatic heterocycles. The third-order valence-electron chi connectivity index (χ3n) is 2.37. The molecule has 0 saturated carbocycles. The van der Waals surface area contributed by atoms with Crippen molar-refractivity contribution in [2.24, 2.45) is 11.1 Å². The van der Waals surface area contributed by atoms with Gasteiger partial charge in [-0.1, -0.05) is 38.4 Å². The van der Waals surface area contributed by atoms with Crippen LogP contribution >= 0.6 is 11.6 Å². The first-order valence-corrected chi connectivity index (χ1v) is 5.91. The van der Waals surface area contributed by atoms with Crippen LogP contribution < -0.4 is 10.6 Å². The maximum atomic E-state index is 6.23. The first kappa shape index (κ1) is 13.3. The van der Waals surface area contributed by atoms with Crippen LogP contribution in [-0.4, -0.2) is 13.6 Å². The molecule has 0 fully saturated rings. The lowest BCUT2D eigenvalue weighted by Gasteiger charge is -2.29. The zero-order valence-corrected chi connectivity index (χ0v) is 11.3.